The third-order valence-corrected chi connectivity index (χ3v) is 7.93. The molecule has 3 aliphatic heterocycles. The molecule has 0 unspecified atom stereocenters. The number of pyridine rings is 1. The van der Waals surface area contributed by atoms with Crippen LogP contribution < -0.4 is 25.6 Å². The molecule has 10 heteroatoms. The summed E-state index contributed by atoms with van der Waals surface area (Å²) in [5.74, 6) is 2.40. The predicted octanol–water partition coefficient (Wildman–Crippen LogP) is 3.48. The molecular formula is C27H35N9O. The molecule has 2 aromatic heterocycles. The minimum absolute atomic E-state index is 0.113. The van der Waals surface area contributed by atoms with Gasteiger partial charge in [-0.2, -0.15) is 4.98 Å². The van der Waals surface area contributed by atoms with Crippen molar-refractivity contribution in [2.45, 2.75) is 38.6 Å². The van der Waals surface area contributed by atoms with Crippen molar-refractivity contribution in [2.24, 2.45) is 5.92 Å². The lowest BCUT2D eigenvalue weighted by molar-refractivity contribution is 0.386. The molecule has 1 aromatic carbocycles. The van der Waals surface area contributed by atoms with Crippen molar-refractivity contribution in [1.29, 1.82) is 0 Å². The normalized spacial score (nSPS) is 22.3. The molecule has 3 aromatic rings. The van der Waals surface area contributed by atoms with Crippen molar-refractivity contribution < 1.29 is 4.74 Å². The molecule has 6 rings (SSSR count). The molecule has 0 saturated carbocycles. The fourth-order valence-corrected chi connectivity index (χ4v) is 6.17. The number of nitrogens with two attached hydrogens (primary N) is 1. The Kier molecular flexibility index (Phi) is 5.59. The van der Waals surface area contributed by atoms with Gasteiger partial charge in [0.05, 0.1) is 35.6 Å². The second-order valence-electron chi connectivity index (χ2n) is 11.2. The number of aromatic nitrogens is 4. The minimum Gasteiger partial charge on any atom is -0.494 e. The number of methoxy groups -OCH3 is 1. The largest absolute Gasteiger partial charge is 0.494 e. The Hall–Kier alpha value is -3.66. The zero-order valence-corrected chi connectivity index (χ0v) is 22.2. The van der Waals surface area contributed by atoms with E-state index in [4.69, 9.17) is 20.4 Å². The highest BCUT2D eigenvalue weighted by atomic mass is 16.5. The van der Waals surface area contributed by atoms with Crippen molar-refractivity contribution in [3.63, 3.8) is 0 Å². The molecule has 2 atom stereocenters. The molecule has 2 fully saturated rings. The molecule has 194 valence electrons. The van der Waals surface area contributed by atoms with Crippen LogP contribution in [0.4, 0.5) is 34.6 Å². The lowest BCUT2D eigenvalue weighted by Gasteiger charge is -2.28. The lowest BCUT2D eigenvalue weighted by Crippen LogP contribution is -2.35. The van der Waals surface area contributed by atoms with Crippen LogP contribution in [0, 0.1) is 12.8 Å². The Morgan fingerprint density at radius 1 is 1.11 bits per heavy atom. The van der Waals surface area contributed by atoms with E-state index in [1.54, 1.807) is 7.11 Å². The maximum atomic E-state index is 6.60. The van der Waals surface area contributed by atoms with Crippen LogP contribution in [0.2, 0.25) is 0 Å². The molecule has 37 heavy (non-hydrogen) atoms. The van der Waals surface area contributed by atoms with Crippen LogP contribution in [0.25, 0.3) is 0 Å². The van der Waals surface area contributed by atoms with Crippen LogP contribution >= 0.6 is 0 Å². The van der Waals surface area contributed by atoms with Crippen molar-refractivity contribution >= 4 is 34.6 Å². The van der Waals surface area contributed by atoms with Gasteiger partial charge in [-0.25, -0.2) is 9.97 Å². The average molecular weight is 502 g/mol. The number of nitrogens with zero attached hydrogens (tertiary/aromatic N) is 7. The van der Waals surface area contributed by atoms with Gasteiger partial charge in [-0.1, -0.05) is 13.8 Å². The van der Waals surface area contributed by atoms with E-state index >= 15 is 0 Å². The smallest absolute Gasteiger partial charge is 0.234 e. The van der Waals surface area contributed by atoms with Gasteiger partial charge in [0.15, 0.2) is 0 Å². The molecule has 5 heterocycles. The summed E-state index contributed by atoms with van der Waals surface area (Å²) < 4.78 is 5.78. The first-order valence-corrected chi connectivity index (χ1v) is 12.9. The monoisotopic (exact) mass is 501 g/mol. The Morgan fingerprint density at radius 2 is 1.95 bits per heavy atom. The number of benzene rings is 1. The Balaban J connectivity index is 1.28. The third kappa shape index (κ3) is 4.09. The number of nitrogen functional groups attached to an aromatic ring is 1. The van der Waals surface area contributed by atoms with Crippen molar-refractivity contribution in [2.75, 3.05) is 61.2 Å². The number of hydrogen-bond donors (Lipinski definition) is 2. The summed E-state index contributed by atoms with van der Waals surface area (Å²) in [6.45, 7) is 10.4. The second-order valence-corrected chi connectivity index (χ2v) is 11.2. The quantitative estimate of drug-likeness (QED) is 0.504. The highest BCUT2D eigenvalue weighted by Gasteiger charge is 2.41. The van der Waals surface area contributed by atoms with Crippen LogP contribution in [-0.2, 0) is 5.41 Å². The molecule has 0 aliphatic carbocycles. The summed E-state index contributed by atoms with van der Waals surface area (Å²) in [4.78, 5) is 25.4. The molecule has 0 radical (unpaired) electrons. The van der Waals surface area contributed by atoms with E-state index in [1.165, 1.54) is 12.7 Å². The fraction of sp³-hybridized carbons (Fsp3) is 0.481. The van der Waals surface area contributed by atoms with Gasteiger partial charge in [-0.3, -0.25) is 4.98 Å². The van der Waals surface area contributed by atoms with Crippen LogP contribution in [0.1, 0.15) is 31.7 Å². The first-order valence-electron chi connectivity index (χ1n) is 12.9. The molecule has 10 nitrogen and oxygen atoms in total. The van der Waals surface area contributed by atoms with Gasteiger partial charge in [0, 0.05) is 49.4 Å². The zero-order valence-electron chi connectivity index (χ0n) is 22.2. The van der Waals surface area contributed by atoms with E-state index in [9.17, 15) is 0 Å². The molecule has 0 amide bonds. The van der Waals surface area contributed by atoms with Crippen LogP contribution in [0.5, 0.6) is 5.75 Å². The summed E-state index contributed by atoms with van der Waals surface area (Å²) >= 11 is 0. The number of likely N-dealkylation sites (tertiary alicyclic amines) is 1. The van der Waals surface area contributed by atoms with Gasteiger partial charge in [0.2, 0.25) is 11.9 Å². The van der Waals surface area contributed by atoms with E-state index in [2.05, 4.69) is 56.9 Å². The molecule has 3 N–H and O–H groups in total. The van der Waals surface area contributed by atoms with Gasteiger partial charge in [-0.05, 0) is 44.5 Å². The standard InChI is InChI=1S/C27H35N9O/c1-16-6-7-20-24(31-16)27(2,3)14-36(20)26-30-15-29-25(33-26)32-19-10-18(28)21(11-23(19)37-5)35-9-8-17-12-34(4)13-22(17)35/h6-7,10-11,15,17,22H,8-9,12-14,28H2,1-5H3,(H,29,30,32,33)/t17-,22+/m1/s1. The fourth-order valence-electron chi connectivity index (χ4n) is 6.17. The van der Waals surface area contributed by atoms with Crippen LogP contribution in [-0.4, -0.2) is 71.2 Å². The maximum absolute atomic E-state index is 6.60. The second kappa shape index (κ2) is 8.72. The molecule has 2 saturated heterocycles. The average Bonchev–Trinajstić information content (AvgIpc) is 3.50. The first-order chi connectivity index (χ1) is 17.7. The van der Waals surface area contributed by atoms with Crippen molar-refractivity contribution in [3.8, 4) is 5.75 Å². The maximum Gasteiger partial charge on any atom is 0.234 e. The number of rotatable bonds is 5. The van der Waals surface area contributed by atoms with E-state index in [0.717, 1.165) is 54.6 Å². The van der Waals surface area contributed by atoms with E-state index in [-0.39, 0.29) is 5.41 Å². The van der Waals surface area contributed by atoms with E-state index in [1.807, 2.05) is 25.1 Å². The Bertz CT molecular complexity index is 1340. The number of hydrogen-bond acceptors (Lipinski definition) is 10. The first kappa shape index (κ1) is 23.7. The van der Waals surface area contributed by atoms with Crippen molar-refractivity contribution in [3.05, 3.63) is 42.0 Å². The predicted molar refractivity (Wildman–Crippen MR) is 146 cm³/mol. The van der Waals surface area contributed by atoms with Crippen LogP contribution in [0.15, 0.2) is 30.6 Å². The summed E-state index contributed by atoms with van der Waals surface area (Å²) in [6, 6.07) is 8.57. The van der Waals surface area contributed by atoms with E-state index < -0.39 is 0 Å². The Labute approximate surface area is 217 Å². The zero-order chi connectivity index (χ0) is 25.9. The Morgan fingerprint density at radius 3 is 2.76 bits per heavy atom. The summed E-state index contributed by atoms with van der Waals surface area (Å²) in [5, 5.41) is 3.32. The summed E-state index contributed by atoms with van der Waals surface area (Å²) in [6.07, 6.45) is 2.72. The number of anilines is 6. The topological polar surface area (TPSA) is 109 Å². The van der Waals surface area contributed by atoms with Gasteiger partial charge >= 0.3 is 0 Å². The number of ether oxygens (including phenoxy) is 1. The number of aryl methyl sites for hydroxylation is 1. The highest BCUT2D eigenvalue weighted by Crippen LogP contribution is 2.43. The number of likely N-dealkylation sites (N-methyl/N-ethyl adjacent to an activating group) is 1. The minimum atomic E-state index is -0.113. The summed E-state index contributed by atoms with van der Waals surface area (Å²) in [5.41, 5.74) is 12.0. The van der Waals surface area contributed by atoms with Crippen molar-refractivity contribution in [1.82, 2.24) is 24.8 Å². The van der Waals surface area contributed by atoms with Gasteiger partial charge in [0.25, 0.3) is 0 Å². The summed E-state index contributed by atoms with van der Waals surface area (Å²) in [7, 11) is 3.86. The number of fused-ring (bicyclic) bond motifs is 2. The van der Waals surface area contributed by atoms with Gasteiger partial charge < -0.3 is 30.5 Å². The molecule has 0 spiro atoms. The molecule has 3 aliphatic rings. The third-order valence-electron chi connectivity index (χ3n) is 7.93. The number of nitrogens with one attached hydrogen (secondary N) is 1. The van der Waals surface area contributed by atoms with Crippen LogP contribution in [0.3, 0.4) is 0 Å². The highest BCUT2D eigenvalue weighted by molar-refractivity contribution is 5.80. The molecular weight excluding hydrogens is 466 g/mol. The van der Waals surface area contributed by atoms with Gasteiger partial charge in [-0.15, -0.1) is 0 Å². The lowest BCUT2D eigenvalue weighted by atomic mass is 9.91. The van der Waals surface area contributed by atoms with Gasteiger partial charge in [0.1, 0.15) is 12.1 Å². The molecule has 0 bridgehead atoms. The van der Waals surface area contributed by atoms with E-state index in [0.29, 0.717) is 35.3 Å². The SMILES string of the molecule is COc1cc(N2CC[C@@H]3CN(C)C[C@@H]32)c(N)cc1Nc1ncnc(N2CC(C)(C)c3nc(C)ccc32)n1.